The van der Waals surface area contributed by atoms with Crippen molar-refractivity contribution in [3.05, 3.63) is 57.5 Å². The number of nitrogens with zero attached hydrogens (tertiary/aromatic N) is 4. The first-order chi connectivity index (χ1) is 14.1. The van der Waals surface area contributed by atoms with Crippen molar-refractivity contribution in [2.45, 2.75) is 51.6 Å². The summed E-state index contributed by atoms with van der Waals surface area (Å²) in [5, 5.41) is 0. The largest absolute Gasteiger partial charge is 0.334 e. The summed E-state index contributed by atoms with van der Waals surface area (Å²) in [7, 11) is 0. The molecule has 1 saturated heterocycles. The Bertz CT molecular complexity index is 972. The predicted molar refractivity (Wildman–Crippen MR) is 106 cm³/mol. The van der Waals surface area contributed by atoms with Crippen LogP contribution in [0.5, 0.6) is 0 Å². The first-order valence-corrected chi connectivity index (χ1v) is 10.2. The number of H-pyrrole nitrogens is 1. The smallest absolute Gasteiger partial charge is 0.256 e. The van der Waals surface area contributed by atoms with Crippen molar-refractivity contribution < 1.29 is 9.59 Å². The van der Waals surface area contributed by atoms with E-state index in [0.717, 1.165) is 25.0 Å². The van der Waals surface area contributed by atoms with Gasteiger partial charge in [0.15, 0.2) is 0 Å². The molecule has 0 unspecified atom stereocenters. The Balaban J connectivity index is 1.59. The van der Waals surface area contributed by atoms with E-state index in [1.54, 1.807) is 23.2 Å². The van der Waals surface area contributed by atoms with Gasteiger partial charge in [-0.2, -0.15) is 0 Å². The Morgan fingerprint density at radius 2 is 2.14 bits per heavy atom. The van der Waals surface area contributed by atoms with Crippen LogP contribution in [0.2, 0.25) is 0 Å². The minimum atomic E-state index is -0.219. The number of pyridine rings is 1. The highest BCUT2D eigenvalue weighted by Crippen LogP contribution is 2.29. The van der Waals surface area contributed by atoms with E-state index < -0.39 is 0 Å². The van der Waals surface area contributed by atoms with Gasteiger partial charge >= 0.3 is 0 Å². The molecule has 4 heterocycles. The second kappa shape index (κ2) is 8.14. The molecule has 0 aromatic carbocycles. The van der Waals surface area contributed by atoms with E-state index in [9.17, 15) is 14.4 Å². The number of hydrogen-bond donors (Lipinski definition) is 1. The maximum atomic E-state index is 12.8. The van der Waals surface area contributed by atoms with Crippen molar-refractivity contribution in [2.75, 3.05) is 13.1 Å². The molecule has 1 N–H and O–H groups in total. The van der Waals surface area contributed by atoms with E-state index >= 15 is 0 Å². The first-order valence-electron chi connectivity index (χ1n) is 10.2. The standard InChI is InChI=1S/C21H25N5O3/c1-2-18(27)26-10-4-3-7-17(26)19-23-16-8-11-25(13-15(16)20(28)24-19)21(29)14-6-5-9-22-12-14/h5-6,9,12,17H,2-4,7-8,10-11,13H2,1H3,(H,23,24,28)/t17-/m1/s1. The van der Waals surface area contributed by atoms with Gasteiger partial charge in [-0.15, -0.1) is 0 Å². The van der Waals surface area contributed by atoms with Crippen LogP contribution in [0, 0.1) is 0 Å². The summed E-state index contributed by atoms with van der Waals surface area (Å²) in [6, 6.07) is 3.27. The minimum absolute atomic E-state index is 0.0864. The highest BCUT2D eigenvalue weighted by molar-refractivity contribution is 5.94. The monoisotopic (exact) mass is 395 g/mol. The van der Waals surface area contributed by atoms with Crippen LogP contribution < -0.4 is 5.56 Å². The SMILES string of the molecule is CCC(=O)N1CCCC[C@@H]1c1nc2c(c(=O)[nH]1)CN(C(=O)c1cccnc1)CC2. The number of rotatable bonds is 3. The lowest BCUT2D eigenvalue weighted by Crippen LogP contribution is -2.42. The summed E-state index contributed by atoms with van der Waals surface area (Å²) in [6.07, 6.45) is 6.90. The molecule has 0 aliphatic carbocycles. The number of hydrogen-bond acceptors (Lipinski definition) is 5. The van der Waals surface area contributed by atoms with Crippen LogP contribution in [0.1, 0.15) is 66.1 Å². The molecule has 2 aromatic heterocycles. The molecule has 0 saturated carbocycles. The molecule has 2 aliphatic heterocycles. The van der Waals surface area contributed by atoms with Crippen LogP contribution >= 0.6 is 0 Å². The minimum Gasteiger partial charge on any atom is -0.334 e. The predicted octanol–water partition coefficient (Wildman–Crippen LogP) is 1.83. The molecular formula is C21H25N5O3. The van der Waals surface area contributed by atoms with Gasteiger partial charge in [0.05, 0.1) is 29.4 Å². The molecule has 2 aliphatic rings. The maximum Gasteiger partial charge on any atom is 0.256 e. The fourth-order valence-corrected chi connectivity index (χ4v) is 4.16. The van der Waals surface area contributed by atoms with Crippen LogP contribution in [-0.4, -0.2) is 49.7 Å². The zero-order chi connectivity index (χ0) is 20.4. The number of likely N-dealkylation sites (tertiary alicyclic amines) is 1. The molecule has 4 rings (SSSR count). The van der Waals surface area contributed by atoms with Crippen molar-refractivity contribution >= 4 is 11.8 Å². The molecule has 0 bridgehead atoms. The Labute approximate surface area is 169 Å². The molecule has 8 heteroatoms. The van der Waals surface area contributed by atoms with Crippen molar-refractivity contribution in [1.82, 2.24) is 24.8 Å². The molecule has 1 fully saturated rings. The average Bonchev–Trinajstić information content (AvgIpc) is 2.78. The van der Waals surface area contributed by atoms with Crippen LogP contribution in [-0.2, 0) is 17.8 Å². The third-order valence-corrected chi connectivity index (χ3v) is 5.72. The Kier molecular flexibility index (Phi) is 5.42. The molecule has 0 spiro atoms. The number of amides is 2. The van der Waals surface area contributed by atoms with Crippen molar-refractivity contribution in [1.29, 1.82) is 0 Å². The van der Waals surface area contributed by atoms with Gasteiger partial charge in [0.25, 0.3) is 11.5 Å². The summed E-state index contributed by atoms with van der Waals surface area (Å²) in [5.74, 6) is 0.518. The van der Waals surface area contributed by atoms with Crippen LogP contribution in [0.3, 0.4) is 0 Å². The first kappa shape index (κ1) is 19.3. The van der Waals surface area contributed by atoms with Crippen molar-refractivity contribution in [3.8, 4) is 0 Å². The second-order valence-corrected chi connectivity index (χ2v) is 7.55. The Morgan fingerprint density at radius 3 is 2.90 bits per heavy atom. The Hall–Kier alpha value is -3.03. The number of piperidine rings is 1. The molecule has 152 valence electrons. The normalized spacial score (nSPS) is 19.0. The number of carbonyl (C=O) groups is 2. The van der Waals surface area contributed by atoms with Gasteiger partial charge in [0.2, 0.25) is 5.91 Å². The third-order valence-electron chi connectivity index (χ3n) is 5.72. The number of nitrogens with one attached hydrogen (secondary N) is 1. The van der Waals surface area contributed by atoms with E-state index in [-0.39, 0.29) is 30.0 Å². The van der Waals surface area contributed by atoms with E-state index in [0.29, 0.717) is 42.9 Å². The Morgan fingerprint density at radius 1 is 1.28 bits per heavy atom. The van der Waals surface area contributed by atoms with Gasteiger partial charge in [-0.1, -0.05) is 6.92 Å². The lowest BCUT2D eigenvalue weighted by molar-refractivity contribution is -0.134. The highest BCUT2D eigenvalue weighted by Gasteiger charge is 2.31. The number of carbonyl (C=O) groups excluding carboxylic acids is 2. The second-order valence-electron chi connectivity index (χ2n) is 7.55. The molecular weight excluding hydrogens is 370 g/mol. The molecule has 8 nitrogen and oxygen atoms in total. The van der Waals surface area contributed by atoms with Crippen molar-refractivity contribution in [2.24, 2.45) is 0 Å². The lowest BCUT2D eigenvalue weighted by Gasteiger charge is -2.35. The van der Waals surface area contributed by atoms with Crippen LogP contribution in [0.4, 0.5) is 0 Å². The highest BCUT2D eigenvalue weighted by atomic mass is 16.2. The molecule has 0 radical (unpaired) electrons. The van der Waals surface area contributed by atoms with Crippen molar-refractivity contribution in [3.63, 3.8) is 0 Å². The van der Waals surface area contributed by atoms with Gasteiger partial charge in [0, 0.05) is 38.3 Å². The average molecular weight is 395 g/mol. The molecule has 2 aromatic rings. The van der Waals surface area contributed by atoms with Gasteiger partial charge in [-0.3, -0.25) is 19.4 Å². The summed E-state index contributed by atoms with van der Waals surface area (Å²) in [5.41, 5.74) is 1.55. The van der Waals surface area contributed by atoms with Gasteiger partial charge in [-0.25, -0.2) is 4.98 Å². The number of aromatic amines is 1. The van der Waals surface area contributed by atoms with Gasteiger partial charge in [0.1, 0.15) is 5.82 Å². The number of fused-ring (bicyclic) bond motifs is 1. The number of aromatic nitrogens is 3. The summed E-state index contributed by atoms with van der Waals surface area (Å²) in [6.45, 7) is 3.28. The topological polar surface area (TPSA) is 99.3 Å². The summed E-state index contributed by atoms with van der Waals surface area (Å²) >= 11 is 0. The zero-order valence-electron chi connectivity index (χ0n) is 16.6. The van der Waals surface area contributed by atoms with E-state index in [2.05, 4.69) is 9.97 Å². The van der Waals surface area contributed by atoms with Gasteiger partial charge < -0.3 is 14.8 Å². The molecule has 29 heavy (non-hydrogen) atoms. The van der Waals surface area contributed by atoms with Gasteiger partial charge in [-0.05, 0) is 31.4 Å². The zero-order valence-corrected chi connectivity index (χ0v) is 16.6. The van der Waals surface area contributed by atoms with E-state index in [4.69, 9.17) is 4.98 Å². The summed E-state index contributed by atoms with van der Waals surface area (Å²) < 4.78 is 0. The quantitative estimate of drug-likeness (QED) is 0.855. The molecule has 1 atom stereocenters. The summed E-state index contributed by atoms with van der Waals surface area (Å²) in [4.78, 5) is 53.0. The molecule has 2 amide bonds. The fourth-order valence-electron chi connectivity index (χ4n) is 4.16. The fraction of sp³-hybridized carbons (Fsp3) is 0.476. The lowest BCUT2D eigenvalue weighted by atomic mass is 9.99. The van der Waals surface area contributed by atoms with E-state index in [1.807, 2.05) is 11.8 Å². The van der Waals surface area contributed by atoms with Crippen LogP contribution in [0.15, 0.2) is 29.3 Å². The van der Waals surface area contributed by atoms with E-state index in [1.165, 1.54) is 6.20 Å². The maximum absolute atomic E-state index is 12.8. The third kappa shape index (κ3) is 3.79. The van der Waals surface area contributed by atoms with Crippen LogP contribution in [0.25, 0.3) is 0 Å².